The van der Waals surface area contributed by atoms with E-state index < -0.39 is 5.91 Å². The number of amides is 3. The molecule has 0 aliphatic rings. The largest absolute Gasteiger partial charge is 0.366 e. The maximum atomic E-state index is 12.3. The van der Waals surface area contributed by atoms with Gasteiger partial charge in [-0.15, -0.1) is 0 Å². The molecule has 0 aliphatic heterocycles. The van der Waals surface area contributed by atoms with Crippen LogP contribution >= 0.6 is 0 Å². The van der Waals surface area contributed by atoms with E-state index in [1.807, 2.05) is 0 Å². The first kappa shape index (κ1) is 17.2. The summed E-state index contributed by atoms with van der Waals surface area (Å²) in [4.78, 5) is 35.2. The van der Waals surface area contributed by atoms with Crippen molar-refractivity contribution in [3.63, 3.8) is 0 Å². The van der Waals surface area contributed by atoms with Crippen molar-refractivity contribution in [3.8, 4) is 0 Å². The van der Waals surface area contributed by atoms with Crippen molar-refractivity contribution in [2.24, 2.45) is 11.7 Å². The monoisotopic (exact) mass is 325 g/mol. The van der Waals surface area contributed by atoms with Gasteiger partial charge < -0.3 is 16.4 Å². The van der Waals surface area contributed by atoms with Crippen molar-refractivity contribution in [1.82, 2.24) is 0 Å². The Morgan fingerprint density at radius 3 is 2.00 bits per heavy atom. The van der Waals surface area contributed by atoms with E-state index in [1.165, 1.54) is 6.07 Å². The van der Waals surface area contributed by atoms with E-state index in [0.29, 0.717) is 22.5 Å². The Morgan fingerprint density at radius 1 is 0.875 bits per heavy atom. The molecule has 0 unspecified atom stereocenters. The first-order valence-corrected chi connectivity index (χ1v) is 7.49. The molecule has 0 aromatic heterocycles. The summed E-state index contributed by atoms with van der Waals surface area (Å²) in [5, 5.41) is 5.44. The summed E-state index contributed by atoms with van der Waals surface area (Å²) in [5.74, 6) is -1.19. The number of anilines is 2. The van der Waals surface area contributed by atoms with Gasteiger partial charge in [-0.2, -0.15) is 0 Å². The Labute approximate surface area is 140 Å². The zero-order valence-corrected chi connectivity index (χ0v) is 13.5. The van der Waals surface area contributed by atoms with Gasteiger partial charge in [0.05, 0.1) is 0 Å². The molecule has 4 N–H and O–H groups in total. The first-order valence-electron chi connectivity index (χ1n) is 7.49. The van der Waals surface area contributed by atoms with E-state index in [2.05, 4.69) is 10.6 Å². The fourth-order valence-electron chi connectivity index (χ4n) is 1.98. The highest BCUT2D eigenvalue weighted by Gasteiger charge is 2.11. The molecule has 0 bridgehead atoms. The SMILES string of the molecule is CC(C)C(=O)Nc1cccc(C(=O)Nc2cccc(C(N)=O)c2)c1. The Balaban J connectivity index is 2.14. The van der Waals surface area contributed by atoms with Crippen LogP contribution in [-0.2, 0) is 4.79 Å². The highest BCUT2D eigenvalue weighted by atomic mass is 16.2. The summed E-state index contributed by atoms with van der Waals surface area (Å²) in [7, 11) is 0. The lowest BCUT2D eigenvalue weighted by molar-refractivity contribution is -0.118. The molecule has 0 radical (unpaired) electrons. The maximum Gasteiger partial charge on any atom is 0.255 e. The van der Waals surface area contributed by atoms with Crippen molar-refractivity contribution in [2.75, 3.05) is 10.6 Å². The number of rotatable bonds is 5. The Kier molecular flexibility index (Phi) is 5.31. The van der Waals surface area contributed by atoms with E-state index in [9.17, 15) is 14.4 Å². The highest BCUT2D eigenvalue weighted by molar-refractivity contribution is 6.06. The number of hydrogen-bond donors (Lipinski definition) is 3. The molecule has 2 aromatic carbocycles. The summed E-state index contributed by atoms with van der Waals surface area (Å²) < 4.78 is 0. The number of primary amides is 1. The summed E-state index contributed by atoms with van der Waals surface area (Å²) >= 11 is 0. The van der Waals surface area contributed by atoms with Gasteiger partial charge in [0.25, 0.3) is 5.91 Å². The molecule has 0 heterocycles. The fraction of sp³-hybridized carbons (Fsp3) is 0.167. The standard InChI is InChI=1S/C18H19N3O3/c1-11(2)17(23)20-15-8-4-6-13(10-15)18(24)21-14-7-3-5-12(9-14)16(19)22/h3-11H,1-2H3,(H2,19,22)(H,20,23)(H,21,24). The van der Waals surface area contributed by atoms with Crippen LogP contribution in [0.1, 0.15) is 34.6 Å². The predicted octanol–water partition coefficient (Wildman–Crippen LogP) is 2.63. The smallest absolute Gasteiger partial charge is 0.255 e. The van der Waals surface area contributed by atoms with Crippen LogP contribution in [0.15, 0.2) is 48.5 Å². The van der Waals surface area contributed by atoms with E-state index in [1.54, 1.807) is 56.3 Å². The number of carbonyl (C=O) groups is 3. The maximum absolute atomic E-state index is 12.3. The third-order valence-electron chi connectivity index (χ3n) is 3.32. The zero-order chi connectivity index (χ0) is 17.7. The van der Waals surface area contributed by atoms with Crippen LogP contribution in [0.2, 0.25) is 0 Å². The van der Waals surface area contributed by atoms with E-state index in [4.69, 9.17) is 5.73 Å². The normalized spacial score (nSPS) is 10.3. The minimum atomic E-state index is -0.565. The Bertz CT molecular complexity index is 785. The van der Waals surface area contributed by atoms with Crippen LogP contribution in [0, 0.1) is 5.92 Å². The summed E-state index contributed by atoms with van der Waals surface area (Å²) in [5.41, 5.74) is 6.94. The third kappa shape index (κ3) is 4.42. The average molecular weight is 325 g/mol. The van der Waals surface area contributed by atoms with Gasteiger partial charge in [0.2, 0.25) is 11.8 Å². The number of nitrogens with two attached hydrogens (primary N) is 1. The second-order valence-corrected chi connectivity index (χ2v) is 5.62. The van der Waals surface area contributed by atoms with Gasteiger partial charge in [0.1, 0.15) is 0 Å². The quantitative estimate of drug-likeness (QED) is 0.787. The Hall–Kier alpha value is -3.15. The van der Waals surface area contributed by atoms with Crippen molar-refractivity contribution in [1.29, 1.82) is 0 Å². The number of benzene rings is 2. The molecule has 0 atom stereocenters. The lowest BCUT2D eigenvalue weighted by atomic mass is 10.1. The van der Waals surface area contributed by atoms with Gasteiger partial charge in [0.15, 0.2) is 0 Å². The van der Waals surface area contributed by atoms with Gasteiger partial charge in [-0.3, -0.25) is 14.4 Å². The highest BCUT2D eigenvalue weighted by Crippen LogP contribution is 2.15. The van der Waals surface area contributed by atoms with Crippen molar-refractivity contribution in [3.05, 3.63) is 59.7 Å². The van der Waals surface area contributed by atoms with Crippen molar-refractivity contribution >= 4 is 29.1 Å². The van der Waals surface area contributed by atoms with Gasteiger partial charge in [-0.25, -0.2) is 0 Å². The van der Waals surface area contributed by atoms with Gasteiger partial charge in [0, 0.05) is 28.4 Å². The summed E-state index contributed by atoms with van der Waals surface area (Å²) in [6, 6.07) is 13.0. The molecule has 0 spiro atoms. The predicted molar refractivity (Wildman–Crippen MR) is 92.8 cm³/mol. The molecule has 0 aliphatic carbocycles. The molecular formula is C18H19N3O3. The van der Waals surface area contributed by atoms with Crippen LogP contribution < -0.4 is 16.4 Å². The van der Waals surface area contributed by atoms with E-state index in [-0.39, 0.29) is 17.7 Å². The molecule has 6 heteroatoms. The first-order chi connectivity index (χ1) is 11.4. The van der Waals surface area contributed by atoms with Crippen LogP contribution in [0.3, 0.4) is 0 Å². The molecular weight excluding hydrogens is 306 g/mol. The Morgan fingerprint density at radius 2 is 1.42 bits per heavy atom. The number of carbonyl (C=O) groups excluding carboxylic acids is 3. The lowest BCUT2D eigenvalue weighted by Gasteiger charge is -2.10. The molecule has 0 fully saturated rings. The minimum Gasteiger partial charge on any atom is -0.366 e. The van der Waals surface area contributed by atoms with E-state index in [0.717, 1.165) is 0 Å². The van der Waals surface area contributed by atoms with Crippen LogP contribution in [0.4, 0.5) is 11.4 Å². The minimum absolute atomic E-state index is 0.123. The molecule has 2 rings (SSSR count). The molecule has 124 valence electrons. The van der Waals surface area contributed by atoms with Gasteiger partial charge in [-0.05, 0) is 36.4 Å². The molecule has 0 saturated carbocycles. The molecule has 0 saturated heterocycles. The van der Waals surface area contributed by atoms with Gasteiger partial charge >= 0.3 is 0 Å². The van der Waals surface area contributed by atoms with Crippen molar-refractivity contribution in [2.45, 2.75) is 13.8 Å². The van der Waals surface area contributed by atoms with Crippen LogP contribution in [-0.4, -0.2) is 17.7 Å². The van der Waals surface area contributed by atoms with E-state index >= 15 is 0 Å². The molecule has 2 aromatic rings. The second-order valence-electron chi connectivity index (χ2n) is 5.62. The van der Waals surface area contributed by atoms with Crippen molar-refractivity contribution < 1.29 is 14.4 Å². The average Bonchev–Trinajstić information content (AvgIpc) is 2.55. The zero-order valence-electron chi connectivity index (χ0n) is 13.5. The number of nitrogens with one attached hydrogen (secondary N) is 2. The molecule has 24 heavy (non-hydrogen) atoms. The lowest BCUT2D eigenvalue weighted by Crippen LogP contribution is -2.18. The number of hydrogen-bond acceptors (Lipinski definition) is 3. The van der Waals surface area contributed by atoms with Crippen LogP contribution in [0.25, 0.3) is 0 Å². The topological polar surface area (TPSA) is 101 Å². The molecule has 6 nitrogen and oxygen atoms in total. The summed E-state index contributed by atoms with van der Waals surface area (Å²) in [6.07, 6.45) is 0. The van der Waals surface area contributed by atoms with Crippen LogP contribution in [0.5, 0.6) is 0 Å². The fourth-order valence-corrected chi connectivity index (χ4v) is 1.98. The third-order valence-corrected chi connectivity index (χ3v) is 3.32. The second kappa shape index (κ2) is 7.41. The van der Waals surface area contributed by atoms with Gasteiger partial charge in [-0.1, -0.05) is 26.0 Å². The molecule has 3 amide bonds. The summed E-state index contributed by atoms with van der Waals surface area (Å²) in [6.45, 7) is 3.58.